The Kier molecular flexibility index (Phi) is 3.08. The molecule has 4 nitrogen and oxygen atoms in total. The van der Waals surface area contributed by atoms with Crippen LogP contribution in [0.1, 0.15) is 0 Å². The first-order valence-corrected chi connectivity index (χ1v) is 6.32. The maximum absolute atomic E-state index is 12.9. The standard InChI is InChI=1S/C13H8BrFN4/c14-12-3-1-2-11(17-12)13-18-16-8-19(13)10-6-4-9(15)5-7-10/h1-8H. The van der Waals surface area contributed by atoms with Crippen molar-refractivity contribution in [3.63, 3.8) is 0 Å². The number of hydrogen-bond donors (Lipinski definition) is 0. The highest BCUT2D eigenvalue weighted by Gasteiger charge is 2.10. The highest BCUT2D eigenvalue weighted by Crippen LogP contribution is 2.20. The van der Waals surface area contributed by atoms with Crippen molar-refractivity contribution in [2.24, 2.45) is 0 Å². The van der Waals surface area contributed by atoms with Crippen molar-refractivity contribution in [3.8, 4) is 17.2 Å². The van der Waals surface area contributed by atoms with Crippen LogP contribution >= 0.6 is 15.9 Å². The molecule has 0 unspecified atom stereocenters. The molecule has 19 heavy (non-hydrogen) atoms. The van der Waals surface area contributed by atoms with E-state index in [0.29, 0.717) is 11.5 Å². The first kappa shape index (κ1) is 12.0. The molecular weight excluding hydrogens is 311 g/mol. The molecule has 94 valence electrons. The van der Waals surface area contributed by atoms with E-state index in [1.807, 2.05) is 18.2 Å². The number of aromatic nitrogens is 4. The largest absolute Gasteiger partial charge is 0.280 e. The average Bonchev–Trinajstić information content (AvgIpc) is 2.89. The summed E-state index contributed by atoms with van der Waals surface area (Å²) >= 11 is 3.32. The Hall–Kier alpha value is -2.08. The van der Waals surface area contributed by atoms with Crippen LogP contribution in [0.4, 0.5) is 4.39 Å². The summed E-state index contributed by atoms with van der Waals surface area (Å²) in [6.07, 6.45) is 1.57. The van der Waals surface area contributed by atoms with Gasteiger partial charge in [-0.1, -0.05) is 6.07 Å². The van der Waals surface area contributed by atoms with E-state index in [0.717, 1.165) is 10.3 Å². The van der Waals surface area contributed by atoms with Crippen LogP contribution in [0.25, 0.3) is 17.2 Å². The van der Waals surface area contributed by atoms with Crippen LogP contribution in [-0.4, -0.2) is 19.7 Å². The van der Waals surface area contributed by atoms with Crippen molar-refractivity contribution in [3.05, 3.63) is 59.2 Å². The topological polar surface area (TPSA) is 43.6 Å². The molecule has 2 heterocycles. The summed E-state index contributed by atoms with van der Waals surface area (Å²) in [5, 5.41) is 7.95. The number of hydrogen-bond acceptors (Lipinski definition) is 3. The monoisotopic (exact) mass is 318 g/mol. The zero-order valence-electron chi connectivity index (χ0n) is 9.66. The summed E-state index contributed by atoms with van der Waals surface area (Å²) < 4.78 is 15.4. The summed E-state index contributed by atoms with van der Waals surface area (Å²) in [5.74, 6) is 0.326. The minimum Gasteiger partial charge on any atom is -0.280 e. The van der Waals surface area contributed by atoms with Gasteiger partial charge in [-0.15, -0.1) is 10.2 Å². The Morgan fingerprint density at radius 1 is 1.05 bits per heavy atom. The van der Waals surface area contributed by atoms with E-state index in [2.05, 4.69) is 31.1 Å². The first-order valence-electron chi connectivity index (χ1n) is 5.53. The van der Waals surface area contributed by atoms with Gasteiger partial charge in [0.15, 0.2) is 5.82 Å². The average molecular weight is 319 g/mol. The fourth-order valence-corrected chi connectivity index (χ4v) is 2.08. The second-order valence-corrected chi connectivity index (χ2v) is 4.66. The maximum Gasteiger partial charge on any atom is 0.187 e. The normalized spacial score (nSPS) is 10.6. The van der Waals surface area contributed by atoms with Crippen molar-refractivity contribution in [1.82, 2.24) is 19.7 Å². The van der Waals surface area contributed by atoms with Crippen molar-refractivity contribution < 1.29 is 4.39 Å². The van der Waals surface area contributed by atoms with E-state index < -0.39 is 0 Å². The summed E-state index contributed by atoms with van der Waals surface area (Å²) in [4.78, 5) is 4.34. The van der Waals surface area contributed by atoms with Crippen LogP contribution < -0.4 is 0 Å². The third kappa shape index (κ3) is 2.39. The Morgan fingerprint density at radius 3 is 2.58 bits per heavy atom. The zero-order chi connectivity index (χ0) is 13.2. The lowest BCUT2D eigenvalue weighted by atomic mass is 10.3. The molecular formula is C13H8BrFN4. The molecule has 0 aliphatic heterocycles. The van der Waals surface area contributed by atoms with Crippen LogP contribution in [0.15, 0.2) is 53.4 Å². The van der Waals surface area contributed by atoms with E-state index in [-0.39, 0.29) is 5.82 Å². The first-order chi connectivity index (χ1) is 9.24. The lowest BCUT2D eigenvalue weighted by Crippen LogP contribution is -1.97. The van der Waals surface area contributed by atoms with Crippen molar-refractivity contribution >= 4 is 15.9 Å². The van der Waals surface area contributed by atoms with Gasteiger partial charge in [-0.25, -0.2) is 9.37 Å². The number of halogens is 2. The predicted octanol–water partition coefficient (Wildman–Crippen LogP) is 3.23. The van der Waals surface area contributed by atoms with Crippen LogP contribution in [0, 0.1) is 5.82 Å². The van der Waals surface area contributed by atoms with Gasteiger partial charge < -0.3 is 0 Å². The molecule has 0 amide bonds. The van der Waals surface area contributed by atoms with E-state index in [9.17, 15) is 4.39 Å². The van der Waals surface area contributed by atoms with Gasteiger partial charge in [0.05, 0.1) is 0 Å². The highest BCUT2D eigenvalue weighted by molar-refractivity contribution is 9.10. The van der Waals surface area contributed by atoms with Crippen LogP contribution in [0.3, 0.4) is 0 Å². The van der Waals surface area contributed by atoms with Gasteiger partial charge in [-0.2, -0.15) is 0 Å². The van der Waals surface area contributed by atoms with Gasteiger partial charge in [-0.3, -0.25) is 4.57 Å². The molecule has 0 aliphatic carbocycles. The van der Waals surface area contributed by atoms with Gasteiger partial charge >= 0.3 is 0 Å². The molecule has 1 aromatic carbocycles. The minimum absolute atomic E-state index is 0.279. The Balaban J connectivity index is 2.10. The third-order valence-electron chi connectivity index (χ3n) is 2.60. The number of nitrogens with zero attached hydrogens (tertiary/aromatic N) is 4. The van der Waals surface area contributed by atoms with E-state index in [1.165, 1.54) is 12.1 Å². The molecule has 0 N–H and O–H groups in total. The molecule has 0 saturated carbocycles. The molecule has 0 fully saturated rings. The van der Waals surface area contributed by atoms with E-state index in [4.69, 9.17) is 0 Å². The molecule has 3 aromatic rings. The summed E-state index contributed by atoms with van der Waals surface area (Å²) in [6, 6.07) is 11.7. The molecule has 6 heteroatoms. The van der Waals surface area contributed by atoms with Gasteiger partial charge in [-0.05, 0) is 52.3 Å². The van der Waals surface area contributed by atoms with E-state index in [1.54, 1.807) is 23.0 Å². The molecule has 3 rings (SSSR count). The summed E-state index contributed by atoms with van der Waals surface area (Å²) in [7, 11) is 0. The minimum atomic E-state index is -0.279. The Morgan fingerprint density at radius 2 is 1.84 bits per heavy atom. The second-order valence-electron chi connectivity index (χ2n) is 3.85. The van der Waals surface area contributed by atoms with Crippen LogP contribution in [0.2, 0.25) is 0 Å². The Bertz CT molecular complexity index is 709. The van der Waals surface area contributed by atoms with Gasteiger partial charge in [0.25, 0.3) is 0 Å². The number of pyridine rings is 1. The second kappa shape index (κ2) is 4.89. The fourth-order valence-electron chi connectivity index (χ4n) is 1.73. The Labute approximate surface area is 117 Å². The lowest BCUT2D eigenvalue weighted by molar-refractivity contribution is 0.627. The molecule has 0 aliphatic rings. The molecule has 0 spiro atoms. The molecule has 0 atom stereocenters. The summed E-state index contributed by atoms with van der Waals surface area (Å²) in [6.45, 7) is 0. The fraction of sp³-hybridized carbons (Fsp3) is 0. The molecule has 2 aromatic heterocycles. The SMILES string of the molecule is Fc1ccc(-n2cnnc2-c2cccc(Br)n2)cc1. The van der Waals surface area contributed by atoms with Crippen LogP contribution in [0.5, 0.6) is 0 Å². The molecule has 0 radical (unpaired) electrons. The van der Waals surface area contributed by atoms with Crippen molar-refractivity contribution in [2.75, 3.05) is 0 Å². The zero-order valence-corrected chi connectivity index (χ0v) is 11.2. The maximum atomic E-state index is 12.9. The predicted molar refractivity (Wildman–Crippen MR) is 72.2 cm³/mol. The number of benzene rings is 1. The van der Waals surface area contributed by atoms with Crippen molar-refractivity contribution in [1.29, 1.82) is 0 Å². The van der Waals surface area contributed by atoms with E-state index >= 15 is 0 Å². The quantitative estimate of drug-likeness (QED) is 0.681. The van der Waals surface area contributed by atoms with Gasteiger partial charge in [0.1, 0.15) is 22.4 Å². The van der Waals surface area contributed by atoms with Crippen molar-refractivity contribution in [2.45, 2.75) is 0 Å². The summed E-state index contributed by atoms with van der Waals surface area (Å²) in [5.41, 5.74) is 1.47. The van der Waals surface area contributed by atoms with Crippen LogP contribution in [-0.2, 0) is 0 Å². The number of rotatable bonds is 2. The van der Waals surface area contributed by atoms with Gasteiger partial charge in [0.2, 0.25) is 0 Å². The van der Waals surface area contributed by atoms with Gasteiger partial charge in [0, 0.05) is 5.69 Å². The highest BCUT2D eigenvalue weighted by atomic mass is 79.9. The smallest absolute Gasteiger partial charge is 0.187 e. The third-order valence-corrected chi connectivity index (χ3v) is 3.04. The molecule has 0 bridgehead atoms. The molecule has 0 saturated heterocycles. The lowest BCUT2D eigenvalue weighted by Gasteiger charge is -2.06.